The van der Waals surface area contributed by atoms with Crippen LogP contribution in [0, 0.1) is 6.92 Å². The number of rotatable bonds is 5. The van der Waals surface area contributed by atoms with Gasteiger partial charge in [-0.25, -0.2) is 14.6 Å². The Balaban J connectivity index is 1.51. The maximum absolute atomic E-state index is 13.0. The van der Waals surface area contributed by atoms with Crippen LogP contribution in [0.5, 0.6) is 0 Å². The average molecular weight is 504 g/mol. The van der Waals surface area contributed by atoms with E-state index in [0.717, 1.165) is 54.4 Å². The summed E-state index contributed by atoms with van der Waals surface area (Å²) in [6.07, 6.45) is 9.12. The molecule has 2 aromatic heterocycles. The Morgan fingerprint density at radius 2 is 1.89 bits per heavy atom. The van der Waals surface area contributed by atoms with Crippen LogP contribution in [0.4, 0.5) is 4.79 Å². The van der Waals surface area contributed by atoms with E-state index >= 15 is 0 Å². The first-order valence-electron chi connectivity index (χ1n) is 13.3. The highest BCUT2D eigenvalue weighted by Gasteiger charge is 2.32. The second kappa shape index (κ2) is 9.93. The molecule has 5 rings (SSSR count). The van der Waals surface area contributed by atoms with Crippen molar-refractivity contribution in [1.82, 2.24) is 14.5 Å². The predicted octanol–water partition coefficient (Wildman–Crippen LogP) is 6.52. The van der Waals surface area contributed by atoms with Crippen molar-refractivity contribution in [2.75, 3.05) is 13.7 Å². The van der Waals surface area contributed by atoms with Gasteiger partial charge in [-0.15, -0.1) is 0 Å². The zero-order valence-corrected chi connectivity index (χ0v) is 22.5. The summed E-state index contributed by atoms with van der Waals surface area (Å²) in [5, 5.41) is 1.14. The van der Waals surface area contributed by atoms with Gasteiger partial charge in [0.1, 0.15) is 11.3 Å². The molecular formula is C30H37N3O4. The molecule has 0 N–H and O–H groups in total. The molecule has 1 unspecified atom stereocenters. The lowest BCUT2D eigenvalue weighted by Crippen LogP contribution is -2.33. The first kappa shape index (κ1) is 25.5. The second-order valence-electron chi connectivity index (χ2n) is 11.4. The fourth-order valence-electron chi connectivity index (χ4n) is 5.61. The highest BCUT2D eigenvalue weighted by atomic mass is 16.6. The van der Waals surface area contributed by atoms with E-state index in [0.29, 0.717) is 11.6 Å². The molecule has 1 aliphatic carbocycles. The zero-order chi connectivity index (χ0) is 26.3. The van der Waals surface area contributed by atoms with Gasteiger partial charge in [0.25, 0.3) is 0 Å². The Kier molecular flexibility index (Phi) is 6.84. The summed E-state index contributed by atoms with van der Waals surface area (Å²) in [4.78, 5) is 31.8. The number of likely N-dealkylation sites (tertiary alicyclic amines) is 1. The predicted molar refractivity (Wildman–Crippen MR) is 143 cm³/mol. The van der Waals surface area contributed by atoms with Crippen molar-refractivity contribution in [2.24, 2.45) is 0 Å². The lowest BCUT2D eigenvalue weighted by atomic mass is 9.92. The number of hydrogen-bond acceptors (Lipinski definition) is 6. The molecular weight excluding hydrogens is 466 g/mol. The van der Waals surface area contributed by atoms with E-state index in [1.54, 1.807) is 10.6 Å². The summed E-state index contributed by atoms with van der Waals surface area (Å²) in [6, 6.07) is 8.37. The summed E-state index contributed by atoms with van der Waals surface area (Å²) < 4.78 is 12.2. The molecule has 37 heavy (non-hydrogen) atoms. The number of pyridine rings is 1. The van der Waals surface area contributed by atoms with Crippen LogP contribution in [0.3, 0.4) is 0 Å². The van der Waals surface area contributed by atoms with Crippen molar-refractivity contribution in [3.8, 4) is 0 Å². The van der Waals surface area contributed by atoms with Crippen molar-refractivity contribution in [3.63, 3.8) is 0 Å². The van der Waals surface area contributed by atoms with Gasteiger partial charge in [-0.3, -0.25) is 9.47 Å². The number of methoxy groups -OCH3 is 1. The molecule has 7 nitrogen and oxygen atoms in total. The normalized spacial score (nSPS) is 18.7. The molecule has 0 bridgehead atoms. The van der Waals surface area contributed by atoms with Gasteiger partial charge in [0.15, 0.2) is 0 Å². The molecule has 0 radical (unpaired) electrons. The zero-order valence-electron chi connectivity index (χ0n) is 22.5. The molecule has 0 spiro atoms. The molecule has 196 valence electrons. The van der Waals surface area contributed by atoms with Gasteiger partial charge in [-0.05, 0) is 100 Å². The maximum Gasteiger partial charge on any atom is 0.418 e. The molecule has 2 aliphatic rings. The number of nitrogens with zero attached hydrogens (tertiary/aromatic N) is 3. The fraction of sp³-hybridized carbons (Fsp3) is 0.500. The third kappa shape index (κ3) is 5.28. The monoisotopic (exact) mass is 503 g/mol. The molecule has 0 amide bonds. The van der Waals surface area contributed by atoms with E-state index < -0.39 is 11.6 Å². The quantitative estimate of drug-likeness (QED) is 0.369. The Bertz CT molecular complexity index is 1320. The molecule has 1 saturated carbocycles. The number of aromatic nitrogens is 2. The van der Waals surface area contributed by atoms with Crippen LogP contribution in [-0.4, -0.2) is 45.8 Å². The number of carbonyl (C=O) groups excluding carboxylic acids is 2. The van der Waals surface area contributed by atoms with Gasteiger partial charge in [-0.2, -0.15) is 0 Å². The summed E-state index contributed by atoms with van der Waals surface area (Å²) in [6.45, 7) is 9.58. The Labute approximate surface area is 218 Å². The number of piperidine rings is 1. The van der Waals surface area contributed by atoms with E-state index in [-0.39, 0.29) is 12.1 Å². The van der Waals surface area contributed by atoms with E-state index in [1.165, 1.54) is 31.1 Å². The topological polar surface area (TPSA) is 73.7 Å². The third-order valence-corrected chi connectivity index (χ3v) is 7.45. The van der Waals surface area contributed by atoms with Gasteiger partial charge in [0, 0.05) is 30.4 Å². The molecule has 2 fully saturated rings. The van der Waals surface area contributed by atoms with E-state index in [4.69, 9.17) is 9.47 Å². The Hall–Kier alpha value is -3.19. The van der Waals surface area contributed by atoms with Crippen molar-refractivity contribution in [2.45, 2.75) is 83.9 Å². The first-order valence-corrected chi connectivity index (χ1v) is 13.3. The van der Waals surface area contributed by atoms with E-state index in [1.807, 2.05) is 39.2 Å². The summed E-state index contributed by atoms with van der Waals surface area (Å²) in [5.41, 5.74) is 5.66. The lowest BCUT2D eigenvalue weighted by molar-refractivity contribution is 0.0542. The van der Waals surface area contributed by atoms with Crippen LogP contribution < -0.4 is 0 Å². The van der Waals surface area contributed by atoms with Crippen LogP contribution in [-0.2, 0) is 16.0 Å². The number of ether oxygens (including phenoxy) is 2. The molecule has 1 atom stereocenters. The van der Waals surface area contributed by atoms with Gasteiger partial charge >= 0.3 is 12.1 Å². The van der Waals surface area contributed by atoms with Crippen LogP contribution in [0.25, 0.3) is 10.9 Å². The minimum absolute atomic E-state index is 0.226. The molecule has 1 aliphatic heterocycles. The number of benzene rings is 1. The minimum Gasteiger partial charge on any atom is -0.464 e. The molecule has 7 heteroatoms. The fourth-order valence-corrected chi connectivity index (χ4v) is 5.61. The number of fused-ring (bicyclic) bond motifs is 1. The molecule has 3 aromatic rings. The standard InChI is InChI=1S/C30H37N3O4/c1-19-16-23(20-9-10-20)24(22-13-15-33(27(19)22)29(35)37-30(2,3)4)18-32-14-7-6-8-26(32)21-11-12-25(31-17-21)28(34)36-5/h11-13,15-17,20,26H,6-10,14,18H2,1-5H3. The largest absolute Gasteiger partial charge is 0.464 e. The van der Waals surface area contributed by atoms with Gasteiger partial charge < -0.3 is 9.47 Å². The Morgan fingerprint density at radius 1 is 1.11 bits per heavy atom. The Morgan fingerprint density at radius 3 is 2.54 bits per heavy atom. The van der Waals surface area contributed by atoms with Crippen LogP contribution >= 0.6 is 0 Å². The summed E-state index contributed by atoms with van der Waals surface area (Å²) in [5.74, 6) is 0.171. The van der Waals surface area contributed by atoms with Gasteiger partial charge in [-0.1, -0.05) is 18.6 Å². The molecule has 1 aromatic carbocycles. The van der Waals surface area contributed by atoms with Crippen LogP contribution in [0.1, 0.15) is 97.6 Å². The van der Waals surface area contributed by atoms with Crippen molar-refractivity contribution < 1.29 is 19.1 Å². The van der Waals surface area contributed by atoms with Crippen molar-refractivity contribution in [1.29, 1.82) is 0 Å². The van der Waals surface area contributed by atoms with Crippen molar-refractivity contribution >= 4 is 23.0 Å². The van der Waals surface area contributed by atoms with E-state index in [2.05, 4.69) is 28.9 Å². The molecule has 1 saturated heterocycles. The number of aryl methyl sites for hydroxylation is 1. The van der Waals surface area contributed by atoms with Crippen molar-refractivity contribution in [3.05, 3.63) is 64.6 Å². The van der Waals surface area contributed by atoms with E-state index in [9.17, 15) is 9.59 Å². The number of esters is 1. The van der Waals surface area contributed by atoms with Crippen LogP contribution in [0.2, 0.25) is 0 Å². The second-order valence-corrected chi connectivity index (χ2v) is 11.4. The highest BCUT2D eigenvalue weighted by Crippen LogP contribution is 2.45. The summed E-state index contributed by atoms with van der Waals surface area (Å²) in [7, 11) is 1.37. The van der Waals surface area contributed by atoms with Crippen LogP contribution in [0.15, 0.2) is 36.7 Å². The maximum atomic E-state index is 13.0. The first-order chi connectivity index (χ1) is 17.7. The highest BCUT2D eigenvalue weighted by molar-refractivity contribution is 5.94. The van der Waals surface area contributed by atoms with Gasteiger partial charge in [0.2, 0.25) is 0 Å². The molecule has 3 heterocycles. The summed E-state index contributed by atoms with van der Waals surface area (Å²) >= 11 is 0. The average Bonchev–Trinajstić information content (AvgIpc) is 3.61. The number of hydrogen-bond donors (Lipinski definition) is 0. The lowest BCUT2D eigenvalue weighted by Gasteiger charge is -2.36. The van der Waals surface area contributed by atoms with Gasteiger partial charge in [0.05, 0.1) is 12.6 Å². The number of carbonyl (C=O) groups is 2. The third-order valence-electron chi connectivity index (χ3n) is 7.45. The smallest absolute Gasteiger partial charge is 0.418 e. The SMILES string of the molecule is COC(=O)c1ccc(C2CCCCN2Cc2c(C3CC3)cc(C)c3c2ccn3C(=O)OC(C)(C)C)cn1. The minimum atomic E-state index is -0.559.